The van der Waals surface area contributed by atoms with Crippen molar-refractivity contribution in [2.45, 2.75) is 122 Å². The maximum Gasteiger partial charge on any atom is 0.240 e. The second kappa shape index (κ2) is 22.2. The zero-order valence-electron chi connectivity index (χ0n) is 22.8. The highest BCUT2D eigenvalue weighted by Crippen LogP contribution is 2.13. The molecule has 0 rings (SSSR count). The van der Waals surface area contributed by atoms with Gasteiger partial charge in [-0.1, -0.05) is 84.0 Å². The van der Waals surface area contributed by atoms with Crippen LogP contribution in [0.2, 0.25) is 0 Å². The summed E-state index contributed by atoms with van der Waals surface area (Å²) >= 11 is 0. The minimum atomic E-state index is -1.21. The molecule has 0 aliphatic carbocycles. The van der Waals surface area contributed by atoms with Crippen LogP contribution in [0.3, 0.4) is 0 Å². The highest BCUT2D eigenvalue weighted by Gasteiger charge is 2.29. The van der Waals surface area contributed by atoms with Gasteiger partial charge in [0.1, 0.15) is 6.04 Å². The molecule has 0 aliphatic heterocycles. The molecule has 0 aromatic carbocycles. The molecule has 0 radical (unpaired) electrons. The van der Waals surface area contributed by atoms with Crippen molar-refractivity contribution >= 4 is 23.5 Å². The summed E-state index contributed by atoms with van der Waals surface area (Å²) in [5.74, 6) is -2.88. The molecule has 0 unspecified atom stereocenters. The first-order valence-electron chi connectivity index (χ1n) is 13.9. The maximum atomic E-state index is 12.4. The second-order valence-corrected chi connectivity index (χ2v) is 9.70. The molecule has 9 nitrogen and oxygen atoms in total. The minimum Gasteiger partial charge on any atom is -0.394 e. The number of hydrogen-bond acceptors (Lipinski definition) is 6. The van der Waals surface area contributed by atoms with Crippen molar-refractivity contribution in [2.24, 2.45) is 5.92 Å². The number of amides is 3. The highest BCUT2D eigenvalue weighted by molar-refractivity contribution is 5.93. The first kappa shape index (κ1) is 34.0. The number of ketones is 1. The summed E-state index contributed by atoms with van der Waals surface area (Å²) in [6.45, 7) is 2.70. The largest absolute Gasteiger partial charge is 0.394 e. The van der Waals surface area contributed by atoms with Crippen molar-refractivity contribution < 1.29 is 29.4 Å². The Labute approximate surface area is 217 Å². The smallest absolute Gasteiger partial charge is 0.240 e. The lowest BCUT2D eigenvalue weighted by Gasteiger charge is -2.21. The lowest BCUT2D eigenvalue weighted by atomic mass is 9.93. The number of nitrogens with one attached hydrogen (secondary N) is 3. The Morgan fingerprint density at radius 1 is 0.778 bits per heavy atom. The molecule has 0 saturated carbocycles. The molecule has 0 fully saturated rings. The zero-order chi connectivity index (χ0) is 27.2. The van der Waals surface area contributed by atoms with Crippen molar-refractivity contribution in [1.29, 1.82) is 0 Å². The van der Waals surface area contributed by atoms with Gasteiger partial charge in [-0.05, 0) is 13.3 Å². The van der Waals surface area contributed by atoms with E-state index in [0.29, 0.717) is 6.42 Å². The number of aliphatic hydroxyl groups is 2. The summed E-state index contributed by atoms with van der Waals surface area (Å²) in [7, 11) is 1.40. The number of unbranched alkanes of at least 4 members (excludes halogenated alkanes) is 12. The lowest BCUT2D eigenvalue weighted by Crippen LogP contribution is -2.48. The van der Waals surface area contributed by atoms with E-state index in [9.17, 15) is 29.4 Å². The third kappa shape index (κ3) is 17.4. The number of hydrogen-bond donors (Lipinski definition) is 5. The van der Waals surface area contributed by atoms with E-state index in [1.54, 1.807) is 0 Å². The fourth-order valence-electron chi connectivity index (χ4n) is 4.07. The topological polar surface area (TPSA) is 145 Å². The van der Waals surface area contributed by atoms with Gasteiger partial charge in [-0.3, -0.25) is 19.2 Å². The Kier molecular flexibility index (Phi) is 21.0. The normalized spacial score (nSPS) is 13.5. The molecule has 0 spiro atoms. The van der Waals surface area contributed by atoms with Crippen LogP contribution in [0.1, 0.15) is 110 Å². The first-order valence-corrected chi connectivity index (χ1v) is 13.9. The van der Waals surface area contributed by atoms with E-state index in [2.05, 4.69) is 22.9 Å². The van der Waals surface area contributed by atoms with E-state index >= 15 is 0 Å². The van der Waals surface area contributed by atoms with Crippen molar-refractivity contribution in [3.8, 4) is 0 Å². The van der Waals surface area contributed by atoms with Crippen molar-refractivity contribution in [2.75, 3.05) is 20.2 Å². The van der Waals surface area contributed by atoms with Gasteiger partial charge in [0.15, 0.2) is 5.78 Å². The van der Waals surface area contributed by atoms with E-state index in [-0.39, 0.29) is 18.9 Å². The molecule has 0 aliphatic rings. The number of rotatable bonds is 23. The predicted octanol–water partition coefficient (Wildman–Crippen LogP) is 2.76. The second-order valence-electron chi connectivity index (χ2n) is 9.70. The van der Waals surface area contributed by atoms with Gasteiger partial charge in [0.05, 0.1) is 25.2 Å². The van der Waals surface area contributed by atoms with E-state index in [1.807, 2.05) is 0 Å². The average molecular weight is 514 g/mol. The molecule has 0 aromatic heterocycles. The number of carbonyl (C=O) groups is 4. The van der Waals surface area contributed by atoms with E-state index < -0.39 is 42.3 Å². The van der Waals surface area contributed by atoms with Crippen LogP contribution in [0.25, 0.3) is 0 Å². The zero-order valence-corrected chi connectivity index (χ0v) is 22.8. The van der Waals surface area contributed by atoms with Gasteiger partial charge in [-0.15, -0.1) is 0 Å². The summed E-state index contributed by atoms with van der Waals surface area (Å²) < 4.78 is 0. The monoisotopic (exact) mass is 513 g/mol. The fraction of sp³-hybridized carbons (Fsp3) is 0.852. The lowest BCUT2D eigenvalue weighted by molar-refractivity contribution is -0.135. The number of carbonyl (C=O) groups excluding carboxylic acids is 4. The molecular formula is C27H51N3O6. The van der Waals surface area contributed by atoms with Crippen LogP contribution in [0.15, 0.2) is 0 Å². The van der Waals surface area contributed by atoms with Gasteiger partial charge in [0, 0.05) is 19.9 Å². The van der Waals surface area contributed by atoms with E-state index in [0.717, 1.165) is 19.3 Å². The molecule has 9 heteroatoms. The fourth-order valence-corrected chi connectivity index (χ4v) is 4.07. The van der Waals surface area contributed by atoms with E-state index in [4.69, 9.17) is 0 Å². The summed E-state index contributed by atoms with van der Waals surface area (Å²) in [4.78, 5) is 48.3. The Hall–Kier alpha value is -2.00. The van der Waals surface area contributed by atoms with Crippen LogP contribution in [-0.2, 0) is 19.2 Å². The van der Waals surface area contributed by atoms with Gasteiger partial charge in [0.25, 0.3) is 0 Å². The Morgan fingerprint density at radius 3 is 1.72 bits per heavy atom. The highest BCUT2D eigenvalue weighted by atomic mass is 16.3. The standard InChI is InChI=1S/C27H51N3O6/c1-4-5-6-7-8-9-10-11-12-13-14-15-16-17-25(34)29-19-26(35)30-23(20-31)24(33)18-22(21(2)32)27(36)28-3/h21-23,31-32H,4-20H2,1-3H3,(H,28,36)(H,29,34)(H,30,35)/t21-,22+,23+/m1/s1. The molecule has 0 aromatic rings. The van der Waals surface area contributed by atoms with Crippen LogP contribution in [0.4, 0.5) is 0 Å². The molecular weight excluding hydrogens is 462 g/mol. The Balaban J connectivity index is 3.94. The third-order valence-corrected chi connectivity index (χ3v) is 6.45. The van der Waals surface area contributed by atoms with Crippen LogP contribution in [0, 0.1) is 5.92 Å². The van der Waals surface area contributed by atoms with E-state index in [1.165, 1.54) is 78.2 Å². The summed E-state index contributed by atoms with van der Waals surface area (Å²) in [6, 6.07) is -1.21. The van der Waals surface area contributed by atoms with Crippen molar-refractivity contribution in [1.82, 2.24) is 16.0 Å². The molecule has 0 saturated heterocycles. The quantitative estimate of drug-likeness (QED) is 0.133. The summed E-state index contributed by atoms with van der Waals surface area (Å²) in [5, 5.41) is 26.5. The summed E-state index contributed by atoms with van der Waals surface area (Å²) in [6.07, 6.45) is 14.9. The van der Waals surface area contributed by atoms with Crippen molar-refractivity contribution in [3.05, 3.63) is 0 Å². The number of Topliss-reactive ketones (excluding diaryl/α,β-unsaturated/α-hetero) is 1. The Morgan fingerprint density at radius 2 is 1.28 bits per heavy atom. The summed E-state index contributed by atoms with van der Waals surface area (Å²) in [5.41, 5.74) is 0. The van der Waals surface area contributed by atoms with Crippen LogP contribution >= 0.6 is 0 Å². The Bertz CT molecular complexity index is 627. The predicted molar refractivity (Wildman–Crippen MR) is 141 cm³/mol. The van der Waals surface area contributed by atoms with Gasteiger partial charge >= 0.3 is 0 Å². The molecule has 36 heavy (non-hydrogen) atoms. The van der Waals surface area contributed by atoms with Crippen LogP contribution in [-0.4, -0.2) is 66.1 Å². The van der Waals surface area contributed by atoms with Gasteiger partial charge in [-0.2, -0.15) is 0 Å². The van der Waals surface area contributed by atoms with Crippen LogP contribution in [0.5, 0.6) is 0 Å². The van der Waals surface area contributed by atoms with Gasteiger partial charge in [0.2, 0.25) is 17.7 Å². The van der Waals surface area contributed by atoms with Gasteiger partial charge in [-0.25, -0.2) is 0 Å². The molecule has 0 bridgehead atoms. The molecule has 3 amide bonds. The average Bonchev–Trinajstić information content (AvgIpc) is 2.86. The maximum absolute atomic E-state index is 12.4. The third-order valence-electron chi connectivity index (χ3n) is 6.45. The minimum absolute atomic E-state index is 0.228. The molecule has 0 heterocycles. The SMILES string of the molecule is CCCCCCCCCCCCCCCC(=O)NCC(=O)N[C@@H](CO)C(=O)C[C@H](C(=O)NC)[C@@H](C)O. The van der Waals surface area contributed by atoms with Crippen molar-refractivity contribution in [3.63, 3.8) is 0 Å². The number of aliphatic hydroxyl groups excluding tert-OH is 2. The molecule has 5 N–H and O–H groups in total. The van der Waals surface area contributed by atoms with Crippen LogP contribution < -0.4 is 16.0 Å². The molecule has 3 atom stereocenters. The molecule has 210 valence electrons. The first-order chi connectivity index (χ1) is 17.3. The van der Waals surface area contributed by atoms with Gasteiger partial charge < -0.3 is 26.2 Å².